The van der Waals surface area contributed by atoms with Crippen molar-refractivity contribution in [2.45, 2.75) is 32.8 Å². The van der Waals surface area contributed by atoms with Gasteiger partial charge in [0.25, 0.3) is 0 Å². The molecule has 0 unspecified atom stereocenters. The second-order valence-electron chi connectivity index (χ2n) is 8.39. The van der Waals surface area contributed by atoms with Gasteiger partial charge in [-0.1, -0.05) is 18.2 Å². The van der Waals surface area contributed by atoms with Gasteiger partial charge < -0.3 is 19.1 Å². The van der Waals surface area contributed by atoms with Crippen molar-refractivity contribution in [3.8, 4) is 17.6 Å². The van der Waals surface area contributed by atoms with E-state index in [4.69, 9.17) is 19.5 Å². The standard InChI is InChI=1S/C25H28N2O4/c1-25(2,3)31-24(28)27-13-12-23(19-8-10-21(29-4)11-9-19)20(16-27)17-30-22-7-5-6-18(14-22)15-26/h5-11,14H,12-13,16-17H2,1-4H3. The highest BCUT2D eigenvalue weighted by molar-refractivity contribution is 5.75. The lowest BCUT2D eigenvalue weighted by atomic mass is 9.93. The molecule has 0 atom stereocenters. The number of carbonyl (C=O) groups excluding carboxylic acids is 1. The van der Waals surface area contributed by atoms with Crippen molar-refractivity contribution in [2.24, 2.45) is 0 Å². The van der Waals surface area contributed by atoms with Gasteiger partial charge in [-0.2, -0.15) is 5.26 Å². The topological polar surface area (TPSA) is 71.8 Å². The molecule has 0 saturated carbocycles. The Morgan fingerprint density at radius 2 is 1.87 bits per heavy atom. The third kappa shape index (κ3) is 6.02. The molecule has 6 heteroatoms. The predicted molar refractivity (Wildman–Crippen MR) is 119 cm³/mol. The SMILES string of the molecule is COc1ccc(C2=C(COc3cccc(C#N)c3)CN(C(=O)OC(C)(C)C)CC2)cc1. The third-order valence-corrected chi connectivity index (χ3v) is 4.91. The molecule has 1 aliphatic heterocycles. The fourth-order valence-corrected chi connectivity index (χ4v) is 3.41. The van der Waals surface area contributed by atoms with E-state index in [9.17, 15) is 4.79 Å². The van der Waals surface area contributed by atoms with Crippen LogP contribution in [0.25, 0.3) is 5.57 Å². The van der Waals surface area contributed by atoms with Gasteiger partial charge in [0.15, 0.2) is 0 Å². The molecule has 0 radical (unpaired) electrons. The third-order valence-electron chi connectivity index (χ3n) is 4.91. The fourth-order valence-electron chi connectivity index (χ4n) is 3.41. The summed E-state index contributed by atoms with van der Waals surface area (Å²) >= 11 is 0. The predicted octanol–water partition coefficient (Wildman–Crippen LogP) is 5.04. The monoisotopic (exact) mass is 420 g/mol. The van der Waals surface area contributed by atoms with Crippen molar-refractivity contribution in [3.63, 3.8) is 0 Å². The number of rotatable bonds is 5. The summed E-state index contributed by atoms with van der Waals surface area (Å²) in [7, 11) is 1.64. The van der Waals surface area contributed by atoms with E-state index in [0.29, 0.717) is 37.4 Å². The van der Waals surface area contributed by atoms with E-state index in [0.717, 1.165) is 22.5 Å². The van der Waals surface area contributed by atoms with Gasteiger partial charge in [-0.15, -0.1) is 0 Å². The molecule has 31 heavy (non-hydrogen) atoms. The number of benzene rings is 2. The van der Waals surface area contributed by atoms with E-state index >= 15 is 0 Å². The second kappa shape index (κ2) is 9.57. The van der Waals surface area contributed by atoms with Crippen LogP contribution in [0, 0.1) is 11.3 Å². The second-order valence-corrected chi connectivity index (χ2v) is 8.39. The number of methoxy groups -OCH3 is 1. The van der Waals surface area contributed by atoms with Crippen molar-refractivity contribution in [2.75, 3.05) is 26.8 Å². The highest BCUT2D eigenvalue weighted by Gasteiger charge is 2.27. The van der Waals surface area contributed by atoms with Crippen LogP contribution in [0.4, 0.5) is 4.79 Å². The first-order valence-electron chi connectivity index (χ1n) is 10.3. The van der Waals surface area contributed by atoms with E-state index < -0.39 is 5.60 Å². The molecule has 0 bridgehead atoms. The molecule has 162 valence electrons. The average Bonchev–Trinajstić information content (AvgIpc) is 2.76. The molecule has 3 rings (SSSR count). The van der Waals surface area contributed by atoms with E-state index in [1.807, 2.05) is 51.1 Å². The van der Waals surface area contributed by atoms with Gasteiger partial charge in [0, 0.05) is 13.1 Å². The number of hydrogen-bond acceptors (Lipinski definition) is 5. The number of hydrogen-bond donors (Lipinski definition) is 0. The summed E-state index contributed by atoms with van der Waals surface area (Å²) in [6, 6.07) is 17.1. The molecule has 0 saturated heterocycles. The number of amides is 1. The summed E-state index contributed by atoms with van der Waals surface area (Å²) < 4.78 is 16.8. The zero-order chi connectivity index (χ0) is 22.4. The molecule has 0 N–H and O–H groups in total. The van der Waals surface area contributed by atoms with Crippen molar-refractivity contribution in [1.29, 1.82) is 5.26 Å². The zero-order valence-corrected chi connectivity index (χ0v) is 18.5. The average molecular weight is 421 g/mol. The summed E-state index contributed by atoms with van der Waals surface area (Å²) in [5.74, 6) is 1.41. The summed E-state index contributed by atoms with van der Waals surface area (Å²) in [6.07, 6.45) is 0.368. The van der Waals surface area contributed by atoms with Crippen molar-refractivity contribution >= 4 is 11.7 Å². The normalized spacial score (nSPS) is 14.1. The largest absolute Gasteiger partial charge is 0.497 e. The summed E-state index contributed by atoms with van der Waals surface area (Å²) in [4.78, 5) is 14.3. The molecule has 0 fully saturated rings. The lowest BCUT2D eigenvalue weighted by molar-refractivity contribution is 0.0261. The first kappa shape index (κ1) is 22.2. The van der Waals surface area contributed by atoms with Gasteiger partial charge in [-0.05, 0) is 74.2 Å². The number of carbonyl (C=O) groups is 1. The van der Waals surface area contributed by atoms with E-state index in [1.165, 1.54) is 0 Å². The first-order chi connectivity index (χ1) is 14.8. The van der Waals surface area contributed by atoms with Crippen LogP contribution >= 0.6 is 0 Å². The van der Waals surface area contributed by atoms with Crippen LogP contribution < -0.4 is 9.47 Å². The van der Waals surface area contributed by atoms with Crippen LogP contribution in [-0.2, 0) is 4.74 Å². The van der Waals surface area contributed by atoms with Crippen molar-refractivity contribution in [1.82, 2.24) is 4.90 Å². The molecule has 1 heterocycles. The molecule has 0 aromatic heterocycles. The van der Waals surface area contributed by atoms with Crippen LogP contribution in [-0.4, -0.2) is 43.4 Å². The molecule has 1 amide bonds. The summed E-state index contributed by atoms with van der Waals surface area (Å²) in [5.41, 5.74) is 3.23. The maximum absolute atomic E-state index is 12.6. The Balaban J connectivity index is 1.85. The Hall–Kier alpha value is -3.46. The number of nitriles is 1. The minimum Gasteiger partial charge on any atom is -0.497 e. The van der Waals surface area contributed by atoms with E-state index in [2.05, 4.69) is 6.07 Å². The van der Waals surface area contributed by atoms with Crippen molar-refractivity contribution < 1.29 is 19.0 Å². The molecule has 2 aromatic rings. The zero-order valence-electron chi connectivity index (χ0n) is 18.5. The fraction of sp³-hybridized carbons (Fsp3) is 0.360. The Bertz CT molecular complexity index is 997. The smallest absolute Gasteiger partial charge is 0.410 e. The first-order valence-corrected chi connectivity index (χ1v) is 10.3. The Kier molecular flexibility index (Phi) is 6.86. The minimum atomic E-state index is -0.550. The van der Waals surface area contributed by atoms with Gasteiger partial charge in [-0.3, -0.25) is 0 Å². The Morgan fingerprint density at radius 3 is 2.52 bits per heavy atom. The number of ether oxygens (including phenoxy) is 3. The number of nitrogens with zero attached hydrogens (tertiary/aromatic N) is 2. The van der Waals surface area contributed by atoms with E-state index in [1.54, 1.807) is 30.2 Å². The summed E-state index contributed by atoms with van der Waals surface area (Å²) in [5, 5.41) is 9.12. The van der Waals surface area contributed by atoms with Crippen LogP contribution in [0.1, 0.15) is 38.3 Å². The molecule has 6 nitrogen and oxygen atoms in total. The van der Waals surface area contributed by atoms with Crippen LogP contribution in [0.15, 0.2) is 54.1 Å². The minimum absolute atomic E-state index is 0.315. The van der Waals surface area contributed by atoms with Gasteiger partial charge in [0.05, 0.1) is 18.7 Å². The maximum Gasteiger partial charge on any atom is 0.410 e. The Morgan fingerprint density at radius 1 is 1.13 bits per heavy atom. The van der Waals surface area contributed by atoms with Gasteiger partial charge in [-0.25, -0.2) is 4.79 Å². The molecular formula is C25H28N2O4. The van der Waals surface area contributed by atoms with Crippen LogP contribution in [0.5, 0.6) is 11.5 Å². The lowest BCUT2D eigenvalue weighted by Crippen LogP contribution is -2.41. The van der Waals surface area contributed by atoms with Gasteiger partial charge >= 0.3 is 6.09 Å². The quantitative estimate of drug-likeness (QED) is 0.678. The van der Waals surface area contributed by atoms with Gasteiger partial charge in [0.2, 0.25) is 0 Å². The summed E-state index contributed by atoms with van der Waals surface area (Å²) in [6.45, 7) is 6.90. The molecular weight excluding hydrogens is 392 g/mol. The van der Waals surface area contributed by atoms with Crippen molar-refractivity contribution in [3.05, 3.63) is 65.2 Å². The lowest BCUT2D eigenvalue weighted by Gasteiger charge is -2.33. The van der Waals surface area contributed by atoms with Gasteiger partial charge in [0.1, 0.15) is 23.7 Å². The molecule has 1 aliphatic rings. The van der Waals surface area contributed by atoms with Crippen LogP contribution in [0.2, 0.25) is 0 Å². The highest BCUT2D eigenvalue weighted by Crippen LogP contribution is 2.30. The van der Waals surface area contributed by atoms with E-state index in [-0.39, 0.29) is 6.09 Å². The van der Waals surface area contributed by atoms with Crippen LogP contribution in [0.3, 0.4) is 0 Å². The molecule has 0 aliphatic carbocycles. The highest BCUT2D eigenvalue weighted by atomic mass is 16.6. The molecule has 0 spiro atoms. The maximum atomic E-state index is 12.6. The molecule has 2 aromatic carbocycles. The Labute approximate surface area is 183 Å².